The minimum Gasteiger partial charge on any atom is -0.346 e. The molecule has 0 spiro atoms. The first-order valence-corrected chi connectivity index (χ1v) is 2.84. The fourth-order valence-electron chi connectivity index (χ4n) is 0.392. The van der Waals surface area contributed by atoms with Crippen LogP contribution < -0.4 is 5.32 Å². The Morgan fingerprint density at radius 2 is 2.50 bits per heavy atom. The summed E-state index contributed by atoms with van der Waals surface area (Å²) in [6, 6.07) is 0. The van der Waals surface area contributed by atoms with Gasteiger partial charge in [-0.25, -0.2) is 0 Å². The Balaban J connectivity index is 4.12. The van der Waals surface area contributed by atoms with Crippen LogP contribution in [-0.2, 0) is 0 Å². The third-order valence-corrected chi connectivity index (χ3v) is 0.846. The third-order valence-electron chi connectivity index (χ3n) is 0.846. The maximum Gasteiger partial charge on any atom is 0.318 e. The van der Waals surface area contributed by atoms with Gasteiger partial charge in [0, 0.05) is 11.5 Å². The zero-order valence-electron chi connectivity index (χ0n) is 6.06. The molecule has 0 aromatic carbocycles. The number of nitroso groups, excluding NO2 is 1. The molecule has 8 nitrogen and oxygen atoms in total. The molecule has 0 radical (unpaired) electrons. The minimum absolute atomic E-state index is 0.151. The van der Waals surface area contributed by atoms with E-state index < -0.39 is 11.0 Å². The highest BCUT2D eigenvalue weighted by Gasteiger charge is 2.20. The molecular weight excluding hydrogens is 166 g/mol. The van der Waals surface area contributed by atoms with Crippen molar-refractivity contribution in [3.63, 3.8) is 0 Å². The average molecular weight is 173 g/mol. The third kappa shape index (κ3) is 2.73. The first kappa shape index (κ1) is 10.0. The summed E-state index contributed by atoms with van der Waals surface area (Å²) in [5.74, 6) is -0.699. The molecule has 66 valence electrons. The average Bonchev–Trinajstić information content (AvgIpc) is 2.01. The lowest BCUT2D eigenvalue weighted by molar-refractivity contribution is -0.632. The van der Waals surface area contributed by atoms with Gasteiger partial charge >= 0.3 is 5.29 Å². The second-order valence-corrected chi connectivity index (χ2v) is 1.63. The van der Waals surface area contributed by atoms with E-state index >= 15 is 0 Å². The summed E-state index contributed by atoms with van der Waals surface area (Å²) < 4.78 is 0. The van der Waals surface area contributed by atoms with Crippen molar-refractivity contribution < 1.29 is 5.03 Å². The van der Waals surface area contributed by atoms with Gasteiger partial charge in [0.1, 0.15) is 5.12 Å². The van der Waals surface area contributed by atoms with Crippen molar-refractivity contribution in [3.05, 3.63) is 27.7 Å². The van der Waals surface area contributed by atoms with Crippen LogP contribution in [0.4, 0.5) is 0 Å². The van der Waals surface area contributed by atoms with Gasteiger partial charge in [-0.1, -0.05) is 6.08 Å². The van der Waals surface area contributed by atoms with Gasteiger partial charge in [-0.3, -0.25) is 5.41 Å². The Bertz CT molecular complexity index is 215. The molecule has 8 heteroatoms. The summed E-state index contributed by atoms with van der Waals surface area (Å²) in [7, 11) is 0. The number of guanidine groups is 1. The molecule has 0 atom stereocenters. The quantitative estimate of drug-likeness (QED) is 0.153. The number of nitrogens with zero attached hydrogens (tertiary/aromatic N) is 3. The minimum atomic E-state index is -1.11. The van der Waals surface area contributed by atoms with Gasteiger partial charge in [-0.2, -0.15) is 0 Å². The van der Waals surface area contributed by atoms with Crippen LogP contribution in [0, 0.1) is 20.4 Å². The molecule has 2 N–H and O–H groups in total. The molecule has 0 saturated carbocycles. The van der Waals surface area contributed by atoms with E-state index in [1.807, 2.05) is 5.29 Å². The molecule has 0 unspecified atom stereocenters. The number of hydrazine groups is 1. The largest absolute Gasteiger partial charge is 0.346 e. The molecule has 0 saturated heterocycles. The molecule has 0 aliphatic heterocycles. The predicted molar refractivity (Wildman–Crippen MR) is 40.6 cm³/mol. The zero-order chi connectivity index (χ0) is 9.56. The van der Waals surface area contributed by atoms with Crippen LogP contribution in [0.3, 0.4) is 0 Å². The summed E-state index contributed by atoms with van der Waals surface area (Å²) in [6.45, 7) is 3.46. The Morgan fingerprint density at radius 1 is 1.92 bits per heavy atom. The second kappa shape index (κ2) is 4.77. The molecule has 0 aromatic rings. The summed E-state index contributed by atoms with van der Waals surface area (Å²) in [4.78, 5) is 19.7. The van der Waals surface area contributed by atoms with Crippen molar-refractivity contribution in [2.75, 3.05) is 6.54 Å². The first-order valence-electron chi connectivity index (χ1n) is 2.84. The maximum atomic E-state index is 9.97. The van der Waals surface area contributed by atoms with Gasteiger partial charge in [-0.15, -0.1) is 6.58 Å². The monoisotopic (exact) mass is 173 g/mol. The molecular formula is C4H7N5O3. The summed E-state index contributed by atoms with van der Waals surface area (Å²) in [5, 5.41) is 19.8. The normalized spacial score (nSPS) is 8.33. The highest BCUT2D eigenvalue weighted by molar-refractivity contribution is 5.75. The van der Waals surface area contributed by atoms with Crippen LogP contribution in [0.15, 0.2) is 17.9 Å². The summed E-state index contributed by atoms with van der Waals surface area (Å²) in [5.41, 5.74) is 0. The summed E-state index contributed by atoms with van der Waals surface area (Å²) >= 11 is 0. The smallest absolute Gasteiger partial charge is 0.318 e. The van der Waals surface area contributed by atoms with Gasteiger partial charge in [0.25, 0.3) is 5.96 Å². The molecule has 0 aromatic heterocycles. The van der Waals surface area contributed by atoms with Crippen molar-refractivity contribution in [2.45, 2.75) is 0 Å². The number of hydrogen-bond acceptors (Lipinski definition) is 5. The maximum absolute atomic E-state index is 9.97. The lowest BCUT2D eigenvalue weighted by atomic mass is 10.6. The SMILES string of the molecule is C=CCNC(=N)N(N=O)[N+](=O)[O-]. The predicted octanol–water partition coefficient (Wildman–Crippen LogP) is -0.128. The highest BCUT2D eigenvalue weighted by atomic mass is 16.7. The van der Waals surface area contributed by atoms with E-state index in [-0.39, 0.29) is 11.7 Å². The Kier molecular flexibility index (Phi) is 3.98. The van der Waals surface area contributed by atoms with Crippen LogP contribution in [0.5, 0.6) is 0 Å². The fourth-order valence-corrected chi connectivity index (χ4v) is 0.392. The van der Waals surface area contributed by atoms with E-state index in [4.69, 9.17) is 5.41 Å². The van der Waals surface area contributed by atoms with Crippen LogP contribution in [0.1, 0.15) is 0 Å². The van der Waals surface area contributed by atoms with Crippen LogP contribution in [0.25, 0.3) is 0 Å². The molecule has 12 heavy (non-hydrogen) atoms. The van der Waals surface area contributed by atoms with E-state index in [9.17, 15) is 15.0 Å². The summed E-state index contributed by atoms with van der Waals surface area (Å²) in [6.07, 6.45) is 1.39. The molecule has 0 aliphatic rings. The van der Waals surface area contributed by atoms with Crippen molar-refractivity contribution in [3.8, 4) is 0 Å². The van der Waals surface area contributed by atoms with Gasteiger partial charge in [0.15, 0.2) is 0 Å². The Labute approximate surface area is 67.4 Å². The van der Waals surface area contributed by atoms with E-state index in [1.165, 1.54) is 6.08 Å². The Morgan fingerprint density at radius 3 is 2.83 bits per heavy atom. The topological polar surface area (TPSA) is 112 Å². The molecule has 0 rings (SSSR count). The fraction of sp³-hybridized carbons (Fsp3) is 0.250. The van der Waals surface area contributed by atoms with E-state index in [0.29, 0.717) is 0 Å². The Hall–Kier alpha value is -1.99. The van der Waals surface area contributed by atoms with Crippen molar-refractivity contribution >= 4 is 5.96 Å². The van der Waals surface area contributed by atoms with Crippen molar-refractivity contribution in [1.29, 1.82) is 5.41 Å². The molecule has 0 amide bonds. The highest BCUT2D eigenvalue weighted by Crippen LogP contribution is 1.87. The lowest BCUT2D eigenvalue weighted by Crippen LogP contribution is -2.40. The van der Waals surface area contributed by atoms with E-state index in [0.717, 1.165) is 0 Å². The van der Waals surface area contributed by atoms with Gasteiger partial charge in [-0.05, 0) is 0 Å². The van der Waals surface area contributed by atoms with Crippen molar-refractivity contribution in [2.24, 2.45) is 5.29 Å². The van der Waals surface area contributed by atoms with Crippen LogP contribution in [-0.4, -0.2) is 22.7 Å². The van der Waals surface area contributed by atoms with E-state index in [2.05, 4.69) is 11.9 Å². The number of rotatable bonds is 4. The van der Waals surface area contributed by atoms with Crippen molar-refractivity contribution in [1.82, 2.24) is 10.4 Å². The number of hydrogen-bond donors (Lipinski definition) is 2. The lowest BCUT2D eigenvalue weighted by Gasteiger charge is -2.06. The second-order valence-electron chi connectivity index (χ2n) is 1.63. The zero-order valence-corrected chi connectivity index (χ0v) is 6.06. The number of nitro groups is 1. The van der Waals surface area contributed by atoms with E-state index in [1.54, 1.807) is 0 Å². The first-order chi connectivity index (χ1) is 5.63. The molecule has 0 heterocycles. The van der Waals surface area contributed by atoms with Gasteiger partial charge < -0.3 is 15.4 Å². The standard InChI is InChI=1S/C4H7N5O3/c1-2-3-6-4(5)8(7-10)9(11)12/h2H,1,3H2,(H2,5,6). The van der Waals surface area contributed by atoms with Crippen LogP contribution >= 0.6 is 0 Å². The van der Waals surface area contributed by atoms with Gasteiger partial charge in [0.2, 0.25) is 0 Å². The van der Waals surface area contributed by atoms with Crippen LogP contribution in [0.2, 0.25) is 0 Å². The van der Waals surface area contributed by atoms with Gasteiger partial charge in [0.05, 0.1) is 5.03 Å². The molecule has 0 bridgehead atoms. The molecule has 0 fully saturated rings. The molecule has 0 aliphatic carbocycles. The number of nitrogens with one attached hydrogen (secondary N) is 2.